The Labute approximate surface area is 195 Å². The maximum Gasteiger partial charge on any atom is 0.261 e. The molecule has 0 saturated carbocycles. The smallest absolute Gasteiger partial charge is 0.261 e. The van der Waals surface area contributed by atoms with Gasteiger partial charge in [0.1, 0.15) is 17.0 Å². The number of nitrogens with zero attached hydrogens (tertiary/aromatic N) is 2. The summed E-state index contributed by atoms with van der Waals surface area (Å²) in [5.41, 5.74) is 2.06. The lowest BCUT2D eigenvalue weighted by Gasteiger charge is -2.25. The van der Waals surface area contributed by atoms with E-state index in [2.05, 4.69) is 10.5 Å². The van der Waals surface area contributed by atoms with Crippen LogP contribution in [0, 0.1) is 18.8 Å². The number of hydrogen-bond acceptors (Lipinski definition) is 5. The molecule has 1 heterocycles. The third-order valence-electron chi connectivity index (χ3n) is 5.02. The monoisotopic (exact) mass is 469 g/mol. The summed E-state index contributed by atoms with van der Waals surface area (Å²) >= 11 is 0. The molecule has 33 heavy (non-hydrogen) atoms. The quantitative estimate of drug-likeness (QED) is 0.465. The molecular formula is C25H31N3O4S. The van der Waals surface area contributed by atoms with E-state index in [9.17, 15) is 13.2 Å². The Kier molecular flexibility index (Phi) is 7.71. The molecule has 0 aliphatic carbocycles. The van der Waals surface area contributed by atoms with Crippen LogP contribution >= 0.6 is 0 Å². The Bertz CT molecular complexity index is 1170. The molecule has 3 rings (SSSR count). The van der Waals surface area contributed by atoms with Crippen LogP contribution in [0.25, 0.3) is 11.3 Å². The van der Waals surface area contributed by atoms with Gasteiger partial charge in [0.25, 0.3) is 5.91 Å². The average Bonchev–Trinajstić information content (AvgIpc) is 3.15. The topological polar surface area (TPSA) is 92.5 Å². The maximum absolute atomic E-state index is 13.2. The summed E-state index contributed by atoms with van der Waals surface area (Å²) in [5.74, 6) is 0.457. The molecule has 0 aliphatic heterocycles. The van der Waals surface area contributed by atoms with Crippen molar-refractivity contribution >= 4 is 21.6 Å². The van der Waals surface area contributed by atoms with Gasteiger partial charge in [-0.1, -0.05) is 63.2 Å². The van der Waals surface area contributed by atoms with Crippen LogP contribution in [-0.4, -0.2) is 36.9 Å². The van der Waals surface area contributed by atoms with Gasteiger partial charge in [-0.3, -0.25) is 4.79 Å². The standard InChI is InChI=1S/C25H31N3O4S/c1-17(2)15-28(16-18(3)4)33(30,31)22-13-11-21(12-14-22)26-25(29)23-19(5)32-27-24(23)20-9-7-6-8-10-20/h6-14,17-18H,15-16H2,1-5H3,(H,26,29). The zero-order valence-corrected chi connectivity index (χ0v) is 20.5. The number of hydrogen-bond donors (Lipinski definition) is 1. The average molecular weight is 470 g/mol. The molecule has 1 aromatic heterocycles. The van der Waals surface area contributed by atoms with E-state index in [0.717, 1.165) is 5.56 Å². The number of carbonyl (C=O) groups is 1. The van der Waals surface area contributed by atoms with E-state index in [1.165, 1.54) is 16.4 Å². The van der Waals surface area contributed by atoms with Crippen molar-refractivity contribution < 1.29 is 17.7 Å². The van der Waals surface area contributed by atoms with Crippen LogP contribution in [0.4, 0.5) is 5.69 Å². The van der Waals surface area contributed by atoms with Crippen LogP contribution in [0.3, 0.4) is 0 Å². The minimum absolute atomic E-state index is 0.202. The van der Waals surface area contributed by atoms with Gasteiger partial charge >= 0.3 is 0 Å². The fourth-order valence-corrected chi connectivity index (χ4v) is 5.34. The number of amides is 1. The Morgan fingerprint density at radius 1 is 0.970 bits per heavy atom. The van der Waals surface area contributed by atoms with E-state index >= 15 is 0 Å². The lowest BCUT2D eigenvalue weighted by molar-refractivity contribution is 0.102. The fraction of sp³-hybridized carbons (Fsp3) is 0.360. The van der Waals surface area contributed by atoms with Gasteiger partial charge in [-0.15, -0.1) is 0 Å². The molecule has 0 aliphatic rings. The molecule has 2 aromatic carbocycles. The SMILES string of the molecule is Cc1onc(-c2ccccc2)c1C(=O)Nc1ccc(S(=O)(=O)N(CC(C)C)CC(C)C)cc1. The first kappa shape index (κ1) is 24.7. The molecule has 176 valence electrons. The minimum Gasteiger partial charge on any atom is -0.360 e. The summed E-state index contributed by atoms with van der Waals surface area (Å²) in [4.78, 5) is 13.2. The molecule has 1 amide bonds. The number of anilines is 1. The second kappa shape index (κ2) is 10.3. The van der Waals surface area contributed by atoms with Crippen molar-refractivity contribution in [2.24, 2.45) is 11.8 Å². The van der Waals surface area contributed by atoms with Gasteiger partial charge in [0.2, 0.25) is 10.0 Å². The van der Waals surface area contributed by atoms with E-state index in [1.807, 2.05) is 58.0 Å². The second-order valence-corrected chi connectivity index (χ2v) is 10.9. The predicted molar refractivity (Wildman–Crippen MR) is 130 cm³/mol. The van der Waals surface area contributed by atoms with E-state index < -0.39 is 10.0 Å². The largest absolute Gasteiger partial charge is 0.360 e. The van der Waals surface area contributed by atoms with Crippen LogP contribution < -0.4 is 5.32 Å². The zero-order valence-electron chi connectivity index (χ0n) is 19.7. The molecule has 0 atom stereocenters. The highest BCUT2D eigenvalue weighted by atomic mass is 32.2. The molecule has 7 nitrogen and oxygen atoms in total. The number of benzene rings is 2. The van der Waals surface area contributed by atoms with E-state index in [1.54, 1.807) is 19.1 Å². The first-order valence-electron chi connectivity index (χ1n) is 11.0. The van der Waals surface area contributed by atoms with E-state index in [-0.39, 0.29) is 22.6 Å². The van der Waals surface area contributed by atoms with Gasteiger partial charge < -0.3 is 9.84 Å². The summed E-state index contributed by atoms with van der Waals surface area (Å²) in [6.07, 6.45) is 0. The van der Waals surface area contributed by atoms with E-state index in [0.29, 0.717) is 35.8 Å². The minimum atomic E-state index is -3.63. The maximum atomic E-state index is 13.2. The van der Waals surface area contributed by atoms with Crippen LogP contribution in [0.5, 0.6) is 0 Å². The summed E-state index contributed by atoms with van der Waals surface area (Å²) in [5, 5.41) is 6.86. The molecule has 0 unspecified atom stereocenters. The fourth-order valence-electron chi connectivity index (χ4n) is 3.57. The van der Waals surface area contributed by atoms with Crippen molar-refractivity contribution in [2.45, 2.75) is 39.5 Å². The summed E-state index contributed by atoms with van der Waals surface area (Å²) in [6, 6.07) is 15.6. The molecule has 8 heteroatoms. The van der Waals surface area contributed by atoms with E-state index in [4.69, 9.17) is 4.52 Å². The third-order valence-corrected chi connectivity index (χ3v) is 6.87. The van der Waals surface area contributed by atoms with Crippen molar-refractivity contribution in [3.8, 4) is 11.3 Å². The van der Waals surface area contributed by atoms with Crippen molar-refractivity contribution in [1.82, 2.24) is 9.46 Å². The first-order valence-corrected chi connectivity index (χ1v) is 12.5. The molecule has 0 spiro atoms. The highest BCUT2D eigenvalue weighted by Gasteiger charge is 2.26. The molecule has 0 radical (unpaired) electrons. The van der Waals surface area contributed by atoms with Gasteiger partial charge in [0.15, 0.2) is 0 Å². The second-order valence-electron chi connectivity index (χ2n) is 8.92. The molecule has 0 bridgehead atoms. The van der Waals surface area contributed by atoms with Gasteiger partial charge in [-0.05, 0) is 43.0 Å². The van der Waals surface area contributed by atoms with Crippen LogP contribution in [0.2, 0.25) is 0 Å². The van der Waals surface area contributed by atoms with Gasteiger partial charge in [0.05, 0.1) is 4.90 Å². The first-order chi connectivity index (χ1) is 15.6. The number of carbonyl (C=O) groups excluding carboxylic acids is 1. The van der Waals surface area contributed by atoms with Gasteiger partial charge in [-0.25, -0.2) is 8.42 Å². The zero-order chi connectivity index (χ0) is 24.2. The lowest BCUT2D eigenvalue weighted by Crippen LogP contribution is -2.37. The Hall–Kier alpha value is -2.97. The highest BCUT2D eigenvalue weighted by Crippen LogP contribution is 2.26. The summed E-state index contributed by atoms with van der Waals surface area (Å²) in [7, 11) is -3.63. The number of sulfonamides is 1. The van der Waals surface area contributed by atoms with Crippen LogP contribution in [0.15, 0.2) is 64.0 Å². The molecule has 0 fully saturated rings. The summed E-state index contributed by atoms with van der Waals surface area (Å²) < 4.78 is 33.2. The molecule has 0 saturated heterocycles. The van der Waals surface area contributed by atoms with Crippen molar-refractivity contribution in [3.05, 3.63) is 65.9 Å². The highest BCUT2D eigenvalue weighted by molar-refractivity contribution is 7.89. The Morgan fingerprint density at radius 2 is 1.55 bits per heavy atom. The lowest BCUT2D eigenvalue weighted by atomic mass is 10.1. The molecule has 1 N–H and O–H groups in total. The third kappa shape index (κ3) is 5.89. The Balaban J connectivity index is 1.81. The Morgan fingerprint density at radius 3 is 2.09 bits per heavy atom. The van der Waals surface area contributed by atoms with Gasteiger partial charge in [0, 0.05) is 24.3 Å². The van der Waals surface area contributed by atoms with Crippen molar-refractivity contribution in [3.63, 3.8) is 0 Å². The van der Waals surface area contributed by atoms with Gasteiger partial charge in [-0.2, -0.15) is 4.31 Å². The number of nitrogens with one attached hydrogen (secondary N) is 1. The predicted octanol–water partition coefficient (Wildman–Crippen LogP) is 5.21. The van der Waals surface area contributed by atoms with Crippen molar-refractivity contribution in [2.75, 3.05) is 18.4 Å². The number of aryl methyl sites for hydroxylation is 1. The van der Waals surface area contributed by atoms with Crippen LogP contribution in [0.1, 0.15) is 43.8 Å². The van der Waals surface area contributed by atoms with Crippen molar-refractivity contribution in [1.29, 1.82) is 0 Å². The number of rotatable bonds is 9. The normalized spacial score (nSPS) is 12.0. The molecule has 3 aromatic rings. The van der Waals surface area contributed by atoms with Crippen LogP contribution in [-0.2, 0) is 10.0 Å². The summed E-state index contributed by atoms with van der Waals surface area (Å²) in [6.45, 7) is 10.6. The number of aromatic nitrogens is 1. The molecular weight excluding hydrogens is 438 g/mol.